The van der Waals surface area contributed by atoms with Gasteiger partial charge in [0.1, 0.15) is 0 Å². The van der Waals surface area contributed by atoms with Crippen molar-refractivity contribution in [3.63, 3.8) is 0 Å². The number of carbonyl (C=O) groups is 3. The highest BCUT2D eigenvalue weighted by atomic mass is 16.6. The molecule has 1 heterocycles. The lowest BCUT2D eigenvalue weighted by Crippen LogP contribution is -2.36. The molecule has 6 nitrogen and oxygen atoms in total. The molecular weight excluding hydrogens is 226 g/mol. The fraction of sp³-hybridized carbons (Fsp3) is 0.727. The zero-order valence-electron chi connectivity index (χ0n) is 9.84. The number of hydrogen-bond acceptors (Lipinski definition) is 5. The van der Waals surface area contributed by atoms with E-state index in [1.807, 2.05) is 0 Å². The van der Waals surface area contributed by atoms with Crippen molar-refractivity contribution in [1.29, 1.82) is 0 Å². The third-order valence-corrected chi connectivity index (χ3v) is 3.10. The molecule has 0 bridgehead atoms. The smallest absolute Gasteiger partial charge is 0.410 e. The third kappa shape index (κ3) is 1.87. The maximum atomic E-state index is 11.6. The fourth-order valence-electron chi connectivity index (χ4n) is 2.37. The van der Waals surface area contributed by atoms with E-state index in [0.29, 0.717) is 0 Å². The summed E-state index contributed by atoms with van der Waals surface area (Å²) in [5, 5.41) is 0. The SMILES string of the molecule is CCOC(=O)[C@H]1[C@@H]2C(=O)CN(C(=O)OCC)[C@@H]21. The van der Waals surface area contributed by atoms with Crippen molar-refractivity contribution in [3.8, 4) is 0 Å². The Balaban J connectivity index is 2.02. The van der Waals surface area contributed by atoms with Crippen LogP contribution in [0, 0.1) is 11.8 Å². The van der Waals surface area contributed by atoms with E-state index in [9.17, 15) is 14.4 Å². The van der Waals surface area contributed by atoms with Gasteiger partial charge in [0.2, 0.25) is 0 Å². The Morgan fingerprint density at radius 3 is 2.53 bits per heavy atom. The first-order valence-electron chi connectivity index (χ1n) is 5.74. The maximum Gasteiger partial charge on any atom is 0.410 e. The third-order valence-electron chi connectivity index (χ3n) is 3.10. The predicted octanol–water partition coefficient (Wildman–Crippen LogP) is 0.205. The minimum absolute atomic E-state index is 0.0457. The number of carbonyl (C=O) groups excluding carboxylic acids is 3. The number of esters is 1. The molecule has 1 saturated carbocycles. The van der Waals surface area contributed by atoms with Gasteiger partial charge in [-0.05, 0) is 13.8 Å². The molecule has 1 amide bonds. The van der Waals surface area contributed by atoms with Gasteiger partial charge in [-0.25, -0.2) is 4.79 Å². The van der Waals surface area contributed by atoms with Crippen LogP contribution >= 0.6 is 0 Å². The van der Waals surface area contributed by atoms with E-state index >= 15 is 0 Å². The van der Waals surface area contributed by atoms with Crippen LogP contribution in [0.15, 0.2) is 0 Å². The summed E-state index contributed by atoms with van der Waals surface area (Å²) in [5.74, 6) is -1.34. The molecule has 1 aliphatic carbocycles. The molecule has 0 aromatic rings. The summed E-state index contributed by atoms with van der Waals surface area (Å²) in [4.78, 5) is 36.0. The molecule has 94 valence electrons. The molecule has 0 unspecified atom stereocenters. The number of likely N-dealkylation sites (tertiary alicyclic amines) is 1. The monoisotopic (exact) mass is 241 g/mol. The van der Waals surface area contributed by atoms with Gasteiger partial charge < -0.3 is 9.47 Å². The molecule has 17 heavy (non-hydrogen) atoms. The maximum absolute atomic E-state index is 11.6. The number of rotatable bonds is 3. The van der Waals surface area contributed by atoms with Gasteiger partial charge in [-0.15, -0.1) is 0 Å². The quantitative estimate of drug-likeness (QED) is 0.660. The number of hydrogen-bond donors (Lipinski definition) is 0. The molecule has 2 fully saturated rings. The second kappa shape index (κ2) is 4.35. The molecule has 0 radical (unpaired) electrons. The summed E-state index contributed by atoms with van der Waals surface area (Å²) in [5.41, 5.74) is 0. The summed E-state index contributed by atoms with van der Waals surface area (Å²) >= 11 is 0. The van der Waals surface area contributed by atoms with Gasteiger partial charge in [-0.2, -0.15) is 0 Å². The summed E-state index contributed by atoms with van der Waals surface area (Å²) in [6.07, 6.45) is -0.528. The highest BCUT2D eigenvalue weighted by Gasteiger charge is 2.68. The van der Waals surface area contributed by atoms with Crippen molar-refractivity contribution in [1.82, 2.24) is 4.90 Å². The summed E-state index contributed by atoms with van der Waals surface area (Å²) in [7, 11) is 0. The summed E-state index contributed by atoms with van der Waals surface area (Å²) in [6, 6.07) is -0.347. The van der Waals surface area contributed by atoms with E-state index < -0.39 is 18.0 Å². The highest BCUT2D eigenvalue weighted by molar-refractivity contribution is 6.00. The standard InChI is InChI=1S/C11H15NO5/c1-3-16-10(14)8-7-6(13)5-12(9(7)8)11(15)17-4-2/h7-9H,3-5H2,1-2H3/t7-,8-,9-/m0/s1. The van der Waals surface area contributed by atoms with Crippen LogP contribution in [-0.2, 0) is 19.1 Å². The van der Waals surface area contributed by atoms with E-state index in [1.165, 1.54) is 4.90 Å². The van der Waals surface area contributed by atoms with Crippen molar-refractivity contribution in [2.45, 2.75) is 19.9 Å². The van der Waals surface area contributed by atoms with Crippen LogP contribution in [-0.4, -0.2) is 48.5 Å². The first-order chi connectivity index (χ1) is 8.11. The second-order valence-electron chi connectivity index (χ2n) is 4.09. The van der Waals surface area contributed by atoms with E-state index in [-0.39, 0.29) is 37.5 Å². The summed E-state index contributed by atoms with van der Waals surface area (Å²) in [6.45, 7) is 3.99. The van der Waals surface area contributed by atoms with Gasteiger partial charge in [-0.3, -0.25) is 14.5 Å². The van der Waals surface area contributed by atoms with Crippen molar-refractivity contribution in [3.05, 3.63) is 0 Å². The molecule has 2 rings (SSSR count). The van der Waals surface area contributed by atoms with Gasteiger partial charge in [0.15, 0.2) is 5.78 Å². The molecule has 0 aromatic carbocycles. The fourth-order valence-corrected chi connectivity index (χ4v) is 2.37. The summed E-state index contributed by atoms with van der Waals surface area (Å²) < 4.78 is 9.71. The number of ether oxygens (including phenoxy) is 2. The Bertz CT molecular complexity index is 367. The minimum Gasteiger partial charge on any atom is -0.466 e. The zero-order valence-corrected chi connectivity index (χ0v) is 9.84. The van der Waals surface area contributed by atoms with Crippen molar-refractivity contribution < 1.29 is 23.9 Å². The number of amides is 1. The molecule has 0 spiro atoms. The number of fused-ring (bicyclic) bond motifs is 1. The second-order valence-corrected chi connectivity index (χ2v) is 4.09. The Kier molecular flexibility index (Phi) is 3.04. The predicted molar refractivity (Wildman–Crippen MR) is 56.1 cm³/mol. The van der Waals surface area contributed by atoms with Crippen LogP contribution in [0.5, 0.6) is 0 Å². The molecule has 1 aliphatic heterocycles. The average molecular weight is 241 g/mol. The lowest BCUT2D eigenvalue weighted by Gasteiger charge is -2.17. The largest absolute Gasteiger partial charge is 0.466 e. The molecular formula is C11H15NO5. The first kappa shape index (κ1) is 11.9. The number of piperidine rings is 1. The van der Waals surface area contributed by atoms with Crippen LogP contribution < -0.4 is 0 Å². The molecule has 0 N–H and O–H groups in total. The van der Waals surface area contributed by atoms with Crippen LogP contribution in [0.3, 0.4) is 0 Å². The molecule has 6 heteroatoms. The average Bonchev–Trinajstić information content (AvgIpc) is 2.93. The number of Topliss-reactive ketones (excluding diaryl/α,β-unsaturated/α-hetero) is 1. The van der Waals surface area contributed by atoms with Gasteiger partial charge in [0.05, 0.1) is 37.6 Å². The Labute approximate surface area is 98.8 Å². The molecule has 0 aromatic heterocycles. The van der Waals surface area contributed by atoms with Gasteiger partial charge in [0, 0.05) is 0 Å². The van der Waals surface area contributed by atoms with Gasteiger partial charge >= 0.3 is 12.1 Å². The minimum atomic E-state index is -0.528. The Hall–Kier alpha value is -1.59. The van der Waals surface area contributed by atoms with Gasteiger partial charge in [0.25, 0.3) is 0 Å². The van der Waals surface area contributed by atoms with E-state index in [2.05, 4.69) is 0 Å². The van der Waals surface area contributed by atoms with E-state index in [1.54, 1.807) is 13.8 Å². The highest BCUT2D eigenvalue weighted by Crippen LogP contribution is 2.49. The number of nitrogens with zero attached hydrogens (tertiary/aromatic N) is 1. The van der Waals surface area contributed by atoms with Crippen molar-refractivity contribution in [2.24, 2.45) is 11.8 Å². The van der Waals surface area contributed by atoms with Crippen molar-refractivity contribution in [2.75, 3.05) is 19.8 Å². The topological polar surface area (TPSA) is 72.9 Å². The van der Waals surface area contributed by atoms with E-state index in [4.69, 9.17) is 9.47 Å². The van der Waals surface area contributed by atoms with Crippen LogP contribution in [0.4, 0.5) is 4.79 Å². The molecule has 3 atom stereocenters. The van der Waals surface area contributed by atoms with Crippen molar-refractivity contribution >= 4 is 17.8 Å². The van der Waals surface area contributed by atoms with Crippen LogP contribution in [0.2, 0.25) is 0 Å². The zero-order chi connectivity index (χ0) is 12.6. The normalized spacial score (nSPS) is 29.9. The van der Waals surface area contributed by atoms with Crippen LogP contribution in [0.1, 0.15) is 13.8 Å². The first-order valence-corrected chi connectivity index (χ1v) is 5.74. The lowest BCUT2D eigenvalue weighted by molar-refractivity contribution is -0.146. The van der Waals surface area contributed by atoms with E-state index in [0.717, 1.165) is 0 Å². The molecule has 1 saturated heterocycles. The van der Waals surface area contributed by atoms with Gasteiger partial charge in [-0.1, -0.05) is 0 Å². The Morgan fingerprint density at radius 2 is 1.94 bits per heavy atom. The Morgan fingerprint density at radius 1 is 1.29 bits per heavy atom. The number of ketones is 1. The lowest BCUT2D eigenvalue weighted by atomic mass is 10.2. The molecule has 2 aliphatic rings. The van der Waals surface area contributed by atoms with Crippen LogP contribution in [0.25, 0.3) is 0 Å².